The van der Waals surface area contributed by atoms with Crippen LogP contribution in [-0.4, -0.2) is 23.0 Å². The molecule has 22 heavy (non-hydrogen) atoms. The number of hydrogen-bond acceptors (Lipinski definition) is 4. The Morgan fingerprint density at radius 3 is 2.36 bits per heavy atom. The Morgan fingerprint density at radius 1 is 1.05 bits per heavy atom. The van der Waals surface area contributed by atoms with Crippen molar-refractivity contribution < 1.29 is 9.53 Å². The van der Waals surface area contributed by atoms with Gasteiger partial charge in [0.1, 0.15) is 17.0 Å². The Balaban J connectivity index is 2.25. The van der Waals surface area contributed by atoms with Gasteiger partial charge in [-0.1, -0.05) is 26.0 Å². The molecule has 1 aromatic heterocycles. The molecule has 0 aliphatic heterocycles. The second-order valence-corrected chi connectivity index (χ2v) is 5.37. The van der Waals surface area contributed by atoms with Gasteiger partial charge in [-0.25, -0.2) is 9.97 Å². The molecule has 0 aliphatic rings. The summed E-state index contributed by atoms with van der Waals surface area (Å²) < 4.78 is 5.36. The third-order valence-corrected chi connectivity index (χ3v) is 3.47. The van der Waals surface area contributed by atoms with E-state index >= 15 is 0 Å². The highest BCUT2D eigenvalue weighted by molar-refractivity contribution is 6.04. The largest absolute Gasteiger partial charge is 0.494 e. The first-order valence-corrected chi connectivity index (χ1v) is 7.14. The number of nitrogens with one attached hydrogen (secondary N) is 1. The maximum atomic E-state index is 12.1. The lowest BCUT2D eigenvalue weighted by atomic mass is 10.1. The van der Waals surface area contributed by atoms with E-state index in [0.717, 1.165) is 16.6 Å². The van der Waals surface area contributed by atoms with Gasteiger partial charge in [-0.3, -0.25) is 4.79 Å². The fraction of sp³-hybridized carbons (Fsp3) is 0.235. The molecule has 0 atom stereocenters. The molecule has 112 valence electrons. The molecular formula is C17H17N3O2. The summed E-state index contributed by atoms with van der Waals surface area (Å²) >= 11 is 0. The Bertz CT molecular complexity index is 859. The van der Waals surface area contributed by atoms with Crippen molar-refractivity contribution in [2.75, 3.05) is 12.4 Å². The lowest BCUT2D eigenvalue weighted by Crippen LogP contribution is -2.18. The van der Waals surface area contributed by atoms with Crippen LogP contribution in [0.25, 0.3) is 22.1 Å². The number of carbonyl (C=O) groups excluding carboxylic acids is 1. The number of aromatic nitrogens is 2. The second-order valence-electron chi connectivity index (χ2n) is 5.37. The predicted octanol–water partition coefficient (Wildman–Crippen LogP) is 3.39. The first-order chi connectivity index (χ1) is 10.6. The normalized spacial score (nSPS) is 11.1. The van der Waals surface area contributed by atoms with Crippen LogP contribution in [0.15, 0.2) is 36.4 Å². The number of fused-ring (bicyclic) bond motifs is 2. The van der Waals surface area contributed by atoms with Gasteiger partial charge in [0.05, 0.1) is 23.7 Å². The number of amides is 1. The highest BCUT2D eigenvalue weighted by Gasteiger charge is 2.16. The van der Waals surface area contributed by atoms with Gasteiger partial charge in [-0.2, -0.15) is 0 Å². The lowest BCUT2D eigenvalue weighted by Gasteiger charge is -2.14. The fourth-order valence-corrected chi connectivity index (χ4v) is 2.23. The van der Waals surface area contributed by atoms with E-state index in [-0.39, 0.29) is 11.8 Å². The topological polar surface area (TPSA) is 64.1 Å². The van der Waals surface area contributed by atoms with Crippen molar-refractivity contribution in [3.8, 4) is 5.75 Å². The van der Waals surface area contributed by atoms with Gasteiger partial charge in [0.2, 0.25) is 5.91 Å². The molecule has 1 N–H and O–H groups in total. The zero-order chi connectivity index (χ0) is 15.7. The van der Waals surface area contributed by atoms with Crippen molar-refractivity contribution in [2.45, 2.75) is 13.8 Å². The zero-order valence-electron chi connectivity index (χ0n) is 12.8. The highest BCUT2D eigenvalue weighted by Crippen LogP contribution is 2.32. The molecule has 0 saturated heterocycles. The summed E-state index contributed by atoms with van der Waals surface area (Å²) in [7, 11) is 1.57. The van der Waals surface area contributed by atoms with Crippen molar-refractivity contribution in [1.29, 1.82) is 0 Å². The molecule has 0 radical (unpaired) electrons. The van der Waals surface area contributed by atoms with Crippen LogP contribution in [-0.2, 0) is 4.79 Å². The first-order valence-electron chi connectivity index (χ1n) is 7.14. The summed E-state index contributed by atoms with van der Waals surface area (Å²) in [5.74, 6) is 0.361. The van der Waals surface area contributed by atoms with Gasteiger partial charge in [-0.05, 0) is 24.3 Å². The molecule has 5 heteroatoms. The molecule has 1 heterocycles. The van der Waals surface area contributed by atoms with Gasteiger partial charge in [0, 0.05) is 5.92 Å². The number of methoxy groups -OCH3 is 1. The van der Waals surface area contributed by atoms with Crippen LogP contribution in [0.4, 0.5) is 5.69 Å². The minimum absolute atomic E-state index is 0.0826. The standard InChI is InChI=1S/C17H17N3O2/c1-10(2)17(21)20-16-14(22-3)9-8-13-15(16)19-12-7-5-4-6-11(12)18-13/h4-10H,1-3H3,(H,20,21). The number of carbonyl (C=O) groups is 1. The van der Waals surface area contributed by atoms with Crippen LogP contribution < -0.4 is 10.1 Å². The number of anilines is 1. The van der Waals surface area contributed by atoms with E-state index in [1.54, 1.807) is 13.2 Å². The molecule has 3 aromatic rings. The SMILES string of the molecule is COc1ccc2nc3ccccc3nc2c1NC(=O)C(C)C. The Hall–Kier alpha value is -2.69. The van der Waals surface area contributed by atoms with E-state index in [4.69, 9.17) is 4.74 Å². The highest BCUT2D eigenvalue weighted by atomic mass is 16.5. The molecule has 5 nitrogen and oxygen atoms in total. The molecule has 1 amide bonds. The second kappa shape index (κ2) is 5.60. The zero-order valence-corrected chi connectivity index (χ0v) is 12.8. The van der Waals surface area contributed by atoms with Gasteiger partial charge in [-0.15, -0.1) is 0 Å². The van der Waals surface area contributed by atoms with Gasteiger partial charge in [0.15, 0.2) is 0 Å². The summed E-state index contributed by atoms with van der Waals surface area (Å²) in [5.41, 5.74) is 3.52. The number of para-hydroxylation sites is 2. The number of hydrogen-bond donors (Lipinski definition) is 1. The predicted molar refractivity (Wildman–Crippen MR) is 87.1 cm³/mol. The number of benzene rings is 2. The number of ether oxygens (including phenoxy) is 1. The maximum Gasteiger partial charge on any atom is 0.227 e. The number of nitrogens with zero attached hydrogens (tertiary/aromatic N) is 2. The van der Waals surface area contributed by atoms with Crippen LogP contribution in [0.2, 0.25) is 0 Å². The monoisotopic (exact) mass is 295 g/mol. The van der Waals surface area contributed by atoms with Crippen LogP contribution >= 0.6 is 0 Å². The van der Waals surface area contributed by atoms with Gasteiger partial charge >= 0.3 is 0 Å². The van der Waals surface area contributed by atoms with Crippen LogP contribution in [0.1, 0.15) is 13.8 Å². The van der Waals surface area contributed by atoms with Gasteiger partial charge < -0.3 is 10.1 Å². The van der Waals surface area contributed by atoms with E-state index in [0.29, 0.717) is 17.0 Å². The molecule has 0 bridgehead atoms. The fourth-order valence-electron chi connectivity index (χ4n) is 2.23. The number of rotatable bonds is 3. The Labute approximate surface area is 128 Å². The van der Waals surface area contributed by atoms with Crippen LogP contribution in [0, 0.1) is 5.92 Å². The summed E-state index contributed by atoms with van der Waals surface area (Å²) in [4.78, 5) is 21.3. The van der Waals surface area contributed by atoms with Crippen molar-refractivity contribution in [3.63, 3.8) is 0 Å². The van der Waals surface area contributed by atoms with Crippen molar-refractivity contribution in [1.82, 2.24) is 9.97 Å². The van der Waals surface area contributed by atoms with Crippen LogP contribution in [0.3, 0.4) is 0 Å². The smallest absolute Gasteiger partial charge is 0.227 e. The minimum atomic E-state index is -0.131. The quantitative estimate of drug-likeness (QED) is 0.752. The van der Waals surface area contributed by atoms with E-state index in [2.05, 4.69) is 15.3 Å². The van der Waals surface area contributed by atoms with Crippen molar-refractivity contribution in [3.05, 3.63) is 36.4 Å². The van der Waals surface area contributed by atoms with E-state index < -0.39 is 0 Å². The molecule has 0 fully saturated rings. The average molecular weight is 295 g/mol. The summed E-state index contributed by atoms with van der Waals surface area (Å²) in [6.07, 6.45) is 0. The van der Waals surface area contributed by atoms with E-state index in [9.17, 15) is 4.79 Å². The van der Waals surface area contributed by atoms with Crippen LogP contribution in [0.5, 0.6) is 5.75 Å². The lowest BCUT2D eigenvalue weighted by molar-refractivity contribution is -0.118. The molecule has 0 saturated carbocycles. The summed E-state index contributed by atoms with van der Waals surface area (Å²) in [5, 5.41) is 2.90. The van der Waals surface area contributed by atoms with Gasteiger partial charge in [0.25, 0.3) is 0 Å². The van der Waals surface area contributed by atoms with Crippen molar-refractivity contribution in [2.24, 2.45) is 5.92 Å². The first kappa shape index (κ1) is 14.3. The Kier molecular flexibility index (Phi) is 3.63. The molecule has 2 aromatic carbocycles. The molecule has 0 aliphatic carbocycles. The molecular weight excluding hydrogens is 278 g/mol. The average Bonchev–Trinajstić information content (AvgIpc) is 2.53. The van der Waals surface area contributed by atoms with E-state index in [1.165, 1.54) is 0 Å². The summed E-state index contributed by atoms with van der Waals surface area (Å²) in [6.45, 7) is 3.68. The molecule has 0 spiro atoms. The molecule has 3 rings (SSSR count). The molecule has 0 unspecified atom stereocenters. The third kappa shape index (κ3) is 2.45. The maximum absolute atomic E-state index is 12.1. The van der Waals surface area contributed by atoms with Crippen molar-refractivity contribution >= 4 is 33.7 Å². The summed E-state index contributed by atoms with van der Waals surface area (Å²) in [6, 6.07) is 11.3. The third-order valence-electron chi connectivity index (χ3n) is 3.47. The Morgan fingerprint density at radius 2 is 1.73 bits per heavy atom. The minimum Gasteiger partial charge on any atom is -0.494 e. The van der Waals surface area contributed by atoms with E-state index in [1.807, 2.05) is 44.2 Å².